The molecule has 3 atom stereocenters. The van der Waals surface area contributed by atoms with E-state index in [0.717, 1.165) is 18.4 Å². The number of nitriles is 1. The minimum absolute atomic E-state index is 0.157. The van der Waals surface area contributed by atoms with Crippen LogP contribution in [0.3, 0.4) is 0 Å². The SMILES string of the molecule is COc1ccc(C(C#N)NC(=O)[C@H]2CCCC[C@H]2NC(=O)OCc2ccccc2)c(OC)c1. The molecular weight excluding hydrogens is 422 g/mol. The molecule has 8 nitrogen and oxygen atoms in total. The van der Waals surface area contributed by atoms with Crippen molar-refractivity contribution in [3.05, 3.63) is 59.7 Å². The molecule has 1 aliphatic rings. The molecule has 0 heterocycles. The number of carbonyl (C=O) groups excluding carboxylic acids is 2. The van der Waals surface area contributed by atoms with Crippen LogP contribution in [0, 0.1) is 17.2 Å². The molecular formula is C25H29N3O5. The van der Waals surface area contributed by atoms with Gasteiger partial charge in [-0.25, -0.2) is 4.79 Å². The van der Waals surface area contributed by atoms with Gasteiger partial charge in [-0.15, -0.1) is 0 Å². The summed E-state index contributed by atoms with van der Waals surface area (Å²) < 4.78 is 15.9. The topological polar surface area (TPSA) is 110 Å². The molecule has 0 radical (unpaired) electrons. The Balaban J connectivity index is 1.64. The van der Waals surface area contributed by atoms with Crippen molar-refractivity contribution in [3.63, 3.8) is 0 Å². The molecule has 0 spiro atoms. The van der Waals surface area contributed by atoms with Gasteiger partial charge in [0, 0.05) is 17.7 Å². The average Bonchev–Trinajstić information content (AvgIpc) is 2.86. The highest BCUT2D eigenvalue weighted by atomic mass is 16.5. The number of methoxy groups -OCH3 is 2. The van der Waals surface area contributed by atoms with Crippen molar-refractivity contribution in [1.29, 1.82) is 5.26 Å². The number of hydrogen-bond donors (Lipinski definition) is 2. The van der Waals surface area contributed by atoms with Crippen LogP contribution in [-0.4, -0.2) is 32.3 Å². The van der Waals surface area contributed by atoms with Gasteiger partial charge in [-0.1, -0.05) is 43.2 Å². The second kappa shape index (κ2) is 11.8. The standard InChI is InChI=1S/C25H29N3O5/c1-31-18-12-13-19(23(14-18)32-2)22(15-26)27-24(29)20-10-6-7-11-21(20)28-25(30)33-16-17-8-4-3-5-9-17/h3-5,8-9,12-14,20-22H,6-7,10-11,16H2,1-2H3,(H,27,29)(H,28,30)/t20-,21+,22?/m0/s1. The molecule has 1 unspecified atom stereocenters. The van der Waals surface area contributed by atoms with E-state index < -0.39 is 18.1 Å². The lowest BCUT2D eigenvalue weighted by Gasteiger charge is -2.31. The number of benzene rings is 2. The van der Waals surface area contributed by atoms with Gasteiger partial charge in [-0.05, 0) is 30.5 Å². The van der Waals surface area contributed by atoms with Gasteiger partial charge >= 0.3 is 6.09 Å². The third-order valence-electron chi connectivity index (χ3n) is 5.79. The van der Waals surface area contributed by atoms with Crippen LogP contribution in [0.2, 0.25) is 0 Å². The number of rotatable bonds is 8. The summed E-state index contributed by atoms with van der Waals surface area (Å²) in [6.45, 7) is 0.157. The second-order valence-corrected chi connectivity index (χ2v) is 7.88. The number of carbonyl (C=O) groups is 2. The normalized spacial score (nSPS) is 18.3. The predicted molar refractivity (Wildman–Crippen MR) is 122 cm³/mol. The van der Waals surface area contributed by atoms with E-state index in [4.69, 9.17) is 14.2 Å². The van der Waals surface area contributed by atoms with Crippen molar-refractivity contribution < 1.29 is 23.8 Å². The first-order valence-electron chi connectivity index (χ1n) is 10.9. The summed E-state index contributed by atoms with van der Waals surface area (Å²) in [5.41, 5.74) is 1.42. The first-order chi connectivity index (χ1) is 16.0. The fraction of sp³-hybridized carbons (Fsp3) is 0.400. The molecule has 2 N–H and O–H groups in total. The third kappa shape index (κ3) is 6.39. The Bertz CT molecular complexity index is 989. The lowest BCUT2D eigenvalue weighted by atomic mass is 9.83. The summed E-state index contributed by atoms with van der Waals surface area (Å²) in [6, 6.07) is 15.3. The van der Waals surface area contributed by atoms with E-state index in [1.807, 2.05) is 30.3 Å². The van der Waals surface area contributed by atoms with E-state index in [0.29, 0.717) is 29.9 Å². The maximum Gasteiger partial charge on any atom is 0.407 e. The number of amides is 2. The predicted octanol–water partition coefficient (Wildman–Crippen LogP) is 3.87. The summed E-state index contributed by atoms with van der Waals surface area (Å²) in [5, 5.41) is 15.4. The van der Waals surface area contributed by atoms with Gasteiger partial charge in [-0.3, -0.25) is 4.79 Å². The Kier molecular flexibility index (Phi) is 8.53. The molecule has 3 rings (SSSR count). The summed E-state index contributed by atoms with van der Waals surface area (Å²) in [4.78, 5) is 25.5. The molecule has 33 heavy (non-hydrogen) atoms. The molecule has 0 saturated heterocycles. The highest BCUT2D eigenvalue weighted by Crippen LogP contribution is 2.31. The molecule has 1 saturated carbocycles. The van der Waals surface area contributed by atoms with Gasteiger partial charge in [0.2, 0.25) is 5.91 Å². The van der Waals surface area contributed by atoms with Crippen molar-refractivity contribution in [2.45, 2.75) is 44.4 Å². The number of alkyl carbamates (subject to hydrolysis) is 1. The number of nitrogens with zero attached hydrogens (tertiary/aromatic N) is 1. The molecule has 0 aromatic heterocycles. The van der Waals surface area contributed by atoms with E-state index in [2.05, 4.69) is 16.7 Å². The smallest absolute Gasteiger partial charge is 0.407 e. The molecule has 2 amide bonds. The zero-order valence-corrected chi connectivity index (χ0v) is 18.9. The van der Waals surface area contributed by atoms with Gasteiger partial charge < -0.3 is 24.8 Å². The van der Waals surface area contributed by atoms with Crippen molar-refractivity contribution in [2.75, 3.05) is 14.2 Å². The third-order valence-corrected chi connectivity index (χ3v) is 5.79. The van der Waals surface area contributed by atoms with Crippen molar-refractivity contribution >= 4 is 12.0 Å². The maximum atomic E-state index is 13.1. The monoisotopic (exact) mass is 451 g/mol. The second-order valence-electron chi connectivity index (χ2n) is 7.88. The van der Waals surface area contributed by atoms with Crippen LogP contribution in [0.5, 0.6) is 11.5 Å². The molecule has 174 valence electrons. The fourth-order valence-electron chi connectivity index (χ4n) is 4.02. The van der Waals surface area contributed by atoms with E-state index >= 15 is 0 Å². The minimum Gasteiger partial charge on any atom is -0.497 e. The average molecular weight is 452 g/mol. The Morgan fingerprint density at radius 3 is 2.55 bits per heavy atom. The summed E-state index contributed by atoms with van der Waals surface area (Å²) in [6.07, 6.45) is 2.51. The number of hydrogen-bond acceptors (Lipinski definition) is 6. The highest BCUT2D eigenvalue weighted by molar-refractivity contribution is 5.81. The van der Waals surface area contributed by atoms with Crippen LogP contribution in [0.15, 0.2) is 48.5 Å². The van der Waals surface area contributed by atoms with E-state index in [1.165, 1.54) is 7.11 Å². The van der Waals surface area contributed by atoms with Crippen molar-refractivity contribution in [1.82, 2.24) is 10.6 Å². The van der Waals surface area contributed by atoms with Crippen LogP contribution >= 0.6 is 0 Å². The largest absolute Gasteiger partial charge is 0.497 e. The molecule has 1 aliphatic carbocycles. The first-order valence-corrected chi connectivity index (χ1v) is 10.9. The summed E-state index contributed by atoms with van der Waals surface area (Å²) in [7, 11) is 3.04. The first kappa shape index (κ1) is 23.9. The van der Waals surface area contributed by atoms with Crippen LogP contribution in [0.1, 0.15) is 42.9 Å². The van der Waals surface area contributed by atoms with E-state index in [1.54, 1.807) is 25.3 Å². The maximum absolute atomic E-state index is 13.1. The Hall–Kier alpha value is -3.73. The minimum atomic E-state index is -0.897. The van der Waals surface area contributed by atoms with Gasteiger partial charge in [0.25, 0.3) is 0 Å². The Labute approximate surface area is 193 Å². The van der Waals surface area contributed by atoms with E-state index in [9.17, 15) is 14.9 Å². The number of nitrogens with one attached hydrogen (secondary N) is 2. The van der Waals surface area contributed by atoms with Crippen LogP contribution in [0.4, 0.5) is 4.79 Å². The molecule has 0 aliphatic heterocycles. The Morgan fingerprint density at radius 2 is 1.85 bits per heavy atom. The quantitative estimate of drug-likeness (QED) is 0.631. The molecule has 1 fully saturated rings. The fourth-order valence-corrected chi connectivity index (χ4v) is 4.02. The summed E-state index contributed by atoms with van der Waals surface area (Å²) in [5.74, 6) is 0.295. The summed E-state index contributed by atoms with van der Waals surface area (Å²) >= 11 is 0. The van der Waals surface area contributed by atoms with Crippen LogP contribution in [0.25, 0.3) is 0 Å². The highest BCUT2D eigenvalue weighted by Gasteiger charge is 2.34. The van der Waals surface area contributed by atoms with Crippen LogP contribution < -0.4 is 20.1 Å². The lowest BCUT2D eigenvalue weighted by Crippen LogP contribution is -2.49. The van der Waals surface area contributed by atoms with Gasteiger partial charge in [0.15, 0.2) is 0 Å². The van der Waals surface area contributed by atoms with Crippen LogP contribution in [-0.2, 0) is 16.1 Å². The van der Waals surface area contributed by atoms with Crippen molar-refractivity contribution in [2.24, 2.45) is 5.92 Å². The van der Waals surface area contributed by atoms with Gasteiger partial charge in [0.1, 0.15) is 24.1 Å². The molecule has 2 aromatic rings. The Morgan fingerprint density at radius 1 is 1.09 bits per heavy atom. The van der Waals surface area contributed by atoms with Crippen molar-refractivity contribution in [3.8, 4) is 17.6 Å². The lowest BCUT2D eigenvalue weighted by molar-refractivity contribution is -0.127. The number of ether oxygens (including phenoxy) is 3. The zero-order chi connectivity index (χ0) is 23.6. The molecule has 2 aromatic carbocycles. The zero-order valence-electron chi connectivity index (χ0n) is 18.9. The van der Waals surface area contributed by atoms with E-state index in [-0.39, 0.29) is 18.6 Å². The van der Waals surface area contributed by atoms with Gasteiger partial charge in [-0.2, -0.15) is 5.26 Å². The molecule has 0 bridgehead atoms. The molecule has 8 heteroatoms. The van der Waals surface area contributed by atoms with Gasteiger partial charge in [0.05, 0.1) is 26.2 Å².